The SMILES string of the molecule is Cc1cccc(NC2=C(c3ccc([N+](=O)[O-])cc3)C(=O)N(c3cccc(C)c3C)C2=O)c1. The van der Waals surface area contributed by atoms with Crippen molar-refractivity contribution in [3.63, 3.8) is 0 Å². The van der Waals surface area contributed by atoms with Gasteiger partial charge in [0.15, 0.2) is 0 Å². The Kier molecular flexibility index (Phi) is 5.32. The van der Waals surface area contributed by atoms with Crippen LogP contribution < -0.4 is 10.2 Å². The first-order valence-electron chi connectivity index (χ1n) is 10.1. The van der Waals surface area contributed by atoms with Crippen LogP contribution in [0.5, 0.6) is 0 Å². The van der Waals surface area contributed by atoms with E-state index in [2.05, 4.69) is 5.32 Å². The molecule has 0 unspecified atom stereocenters. The number of imide groups is 1. The molecule has 0 bridgehead atoms. The van der Waals surface area contributed by atoms with E-state index in [-0.39, 0.29) is 17.0 Å². The molecule has 0 fully saturated rings. The predicted molar refractivity (Wildman–Crippen MR) is 123 cm³/mol. The number of rotatable bonds is 5. The number of carbonyl (C=O) groups excluding carboxylic acids is 2. The topological polar surface area (TPSA) is 92.6 Å². The Morgan fingerprint density at radius 3 is 2.22 bits per heavy atom. The molecule has 1 aliphatic heterocycles. The molecule has 0 aromatic heterocycles. The summed E-state index contributed by atoms with van der Waals surface area (Å²) < 4.78 is 0. The molecule has 1 N–H and O–H groups in total. The third kappa shape index (κ3) is 3.65. The highest BCUT2D eigenvalue weighted by Gasteiger charge is 2.41. The molecule has 1 aliphatic rings. The molecule has 0 aliphatic carbocycles. The van der Waals surface area contributed by atoms with E-state index in [1.54, 1.807) is 12.1 Å². The standard InChI is InChI=1S/C25H21N3O4/c1-15-6-4-8-19(14-15)26-23-22(18-10-12-20(13-11-18)28(31)32)24(29)27(25(23)30)21-9-5-7-16(2)17(21)3/h4-14,26H,1-3H3. The second-order valence-corrected chi connectivity index (χ2v) is 7.71. The molecule has 0 spiro atoms. The third-order valence-electron chi connectivity index (χ3n) is 5.56. The van der Waals surface area contributed by atoms with Crippen LogP contribution in [0.2, 0.25) is 0 Å². The van der Waals surface area contributed by atoms with Crippen LogP contribution in [0.4, 0.5) is 17.1 Å². The highest BCUT2D eigenvalue weighted by Crippen LogP contribution is 2.36. The number of amides is 2. The summed E-state index contributed by atoms with van der Waals surface area (Å²) in [5, 5.41) is 14.2. The van der Waals surface area contributed by atoms with Crippen molar-refractivity contribution in [3.05, 3.63) is 105 Å². The van der Waals surface area contributed by atoms with Gasteiger partial charge in [0.1, 0.15) is 5.70 Å². The van der Waals surface area contributed by atoms with Gasteiger partial charge in [0.2, 0.25) is 0 Å². The number of carbonyl (C=O) groups is 2. The summed E-state index contributed by atoms with van der Waals surface area (Å²) in [6.45, 7) is 5.71. The van der Waals surface area contributed by atoms with Crippen LogP contribution in [-0.2, 0) is 9.59 Å². The first-order chi connectivity index (χ1) is 15.3. The van der Waals surface area contributed by atoms with Crippen LogP contribution in [0.3, 0.4) is 0 Å². The lowest BCUT2D eigenvalue weighted by molar-refractivity contribution is -0.384. The minimum Gasteiger partial charge on any atom is -0.350 e. The molecular weight excluding hydrogens is 406 g/mol. The Morgan fingerprint density at radius 2 is 1.56 bits per heavy atom. The molecular formula is C25H21N3O4. The fraction of sp³-hybridized carbons (Fsp3) is 0.120. The van der Waals surface area contributed by atoms with Gasteiger partial charge in [0.25, 0.3) is 17.5 Å². The molecule has 1 heterocycles. The number of nitrogens with one attached hydrogen (secondary N) is 1. The third-order valence-corrected chi connectivity index (χ3v) is 5.56. The van der Waals surface area contributed by atoms with E-state index in [4.69, 9.17) is 0 Å². The maximum atomic E-state index is 13.5. The zero-order valence-corrected chi connectivity index (χ0v) is 17.9. The first-order valence-corrected chi connectivity index (χ1v) is 10.1. The Labute approximate surface area is 185 Å². The van der Waals surface area contributed by atoms with Gasteiger partial charge < -0.3 is 5.32 Å². The van der Waals surface area contributed by atoms with Gasteiger partial charge in [-0.1, -0.05) is 24.3 Å². The van der Waals surface area contributed by atoms with Gasteiger partial charge in [-0.25, -0.2) is 4.90 Å². The van der Waals surface area contributed by atoms with Crippen molar-refractivity contribution >= 4 is 34.4 Å². The largest absolute Gasteiger partial charge is 0.350 e. The zero-order chi connectivity index (χ0) is 23.0. The number of benzene rings is 3. The van der Waals surface area contributed by atoms with E-state index in [9.17, 15) is 19.7 Å². The van der Waals surface area contributed by atoms with Gasteiger partial charge in [-0.3, -0.25) is 19.7 Å². The quantitative estimate of drug-likeness (QED) is 0.355. The molecule has 3 aromatic carbocycles. The van der Waals surface area contributed by atoms with Crippen LogP contribution in [-0.4, -0.2) is 16.7 Å². The van der Waals surface area contributed by atoms with Crippen molar-refractivity contribution in [1.82, 2.24) is 0 Å². The molecule has 7 heteroatoms. The number of nitro benzene ring substituents is 1. The Hall–Kier alpha value is -4.26. The van der Waals surface area contributed by atoms with E-state index in [1.165, 1.54) is 24.3 Å². The highest BCUT2D eigenvalue weighted by atomic mass is 16.6. The van der Waals surface area contributed by atoms with Crippen LogP contribution in [0.1, 0.15) is 22.3 Å². The summed E-state index contributed by atoms with van der Waals surface area (Å²) in [4.78, 5) is 38.7. The number of hydrogen-bond acceptors (Lipinski definition) is 5. The predicted octanol–water partition coefficient (Wildman–Crippen LogP) is 4.92. The normalized spacial score (nSPS) is 13.7. The number of non-ortho nitro benzene ring substituents is 1. The summed E-state index contributed by atoms with van der Waals surface area (Å²) in [5.74, 6) is -0.953. The average Bonchev–Trinajstić information content (AvgIpc) is 3.00. The van der Waals surface area contributed by atoms with Gasteiger partial charge in [0.05, 0.1) is 16.2 Å². The number of nitro groups is 1. The minimum absolute atomic E-state index is 0.0919. The van der Waals surface area contributed by atoms with Gasteiger partial charge in [-0.15, -0.1) is 0 Å². The van der Waals surface area contributed by atoms with Crippen LogP contribution >= 0.6 is 0 Å². The van der Waals surface area contributed by atoms with Crippen LogP contribution in [0.25, 0.3) is 5.57 Å². The fourth-order valence-corrected chi connectivity index (χ4v) is 3.73. The zero-order valence-electron chi connectivity index (χ0n) is 17.9. The Balaban J connectivity index is 1.85. The molecule has 2 amide bonds. The molecule has 4 rings (SSSR count). The van der Waals surface area contributed by atoms with E-state index >= 15 is 0 Å². The number of hydrogen-bond donors (Lipinski definition) is 1. The Bertz CT molecular complexity index is 1290. The van der Waals surface area contributed by atoms with Crippen molar-refractivity contribution in [3.8, 4) is 0 Å². The summed E-state index contributed by atoms with van der Waals surface area (Å²) in [6.07, 6.45) is 0. The van der Waals surface area contributed by atoms with Crippen molar-refractivity contribution < 1.29 is 14.5 Å². The van der Waals surface area contributed by atoms with Gasteiger partial charge in [0, 0.05) is 17.8 Å². The molecule has 0 saturated heterocycles. The van der Waals surface area contributed by atoms with Gasteiger partial charge in [-0.2, -0.15) is 0 Å². The lowest BCUT2D eigenvalue weighted by atomic mass is 10.0. The van der Waals surface area contributed by atoms with Gasteiger partial charge in [-0.05, 0) is 73.4 Å². The molecule has 32 heavy (non-hydrogen) atoms. The van der Waals surface area contributed by atoms with E-state index in [1.807, 2.05) is 51.1 Å². The van der Waals surface area contributed by atoms with Crippen molar-refractivity contribution in [2.24, 2.45) is 0 Å². The van der Waals surface area contributed by atoms with Crippen molar-refractivity contribution in [2.45, 2.75) is 20.8 Å². The van der Waals surface area contributed by atoms with E-state index in [0.717, 1.165) is 21.6 Å². The summed E-state index contributed by atoms with van der Waals surface area (Å²) in [7, 11) is 0. The smallest absolute Gasteiger partial charge is 0.282 e. The van der Waals surface area contributed by atoms with Crippen LogP contribution in [0.15, 0.2) is 72.4 Å². The fourth-order valence-electron chi connectivity index (χ4n) is 3.73. The van der Waals surface area contributed by atoms with E-state index < -0.39 is 16.7 Å². The lowest BCUT2D eigenvalue weighted by Crippen LogP contribution is -2.33. The maximum Gasteiger partial charge on any atom is 0.282 e. The van der Waals surface area contributed by atoms with E-state index in [0.29, 0.717) is 16.9 Å². The first kappa shape index (κ1) is 21.0. The minimum atomic E-state index is -0.506. The number of aryl methyl sites for hydroxylation is 2. The van der Waals surface area contributed by atoms with Gasteiger partial charge >= 0.3 is 0 Å². The monoisotopic (exact) mass is 427 g/mol. The maximum absolute atomic E-state index is 13.5. The summed E-state index contributed by atoms with van der Waals surface area (Å²) >= 11 is 0. The second kappa shape index (κ2) is 8.11. The molecule has 0 saturated carbocycles. The molecule has 7 nitrogen and oxygen atoms in total. The molecule has 3 aromatic rings. The molecule has 160 valence electrons. The molecule has 0 atom stereocenters. The lowest BCUT2D eigenvalue weighted by Gasteiger charge is -2.19. The number of anilines is 2. The van der Waals surface area contributed by atoms with Crippen molar-refractivity contribution in [1.29, 1.82) is 0 Å². The second-order valence-electron chi connectivity index (χ2n) is 7.71. The Morgan fingerprint density at radius 1 is 0.875 bits per heavy atom. The molecule has 0 radical (unpaired) electrons. The van der Waals surface area contributed by atoms with Crippen molar-refractivity contribution in [2.75, 3.05) is 10.2 Å². The summed E-state index contributed by atoms with van der Waals surface area (Å²) in [6, 6.07) is 18.6. The number of nitrogens with zero attached hydrogens (tertiary/aromatic N) is 2. The highest BCUT2D eigenvalue weighted by molar-refractivity contribution is 6.46. The summed E-state index contributed by atoms with van der Waals surface area (Å²) in [5.41, 5.74) is 4.61. The van der Waals surface area contributed by atoms with Crippen LogP contribution in [0, 0.1) is 30.9 Å². The average molecular weight is 427 g/mol.